The van der Waals surface area contributed by atoms with Gasteiger partial charge in [0, 0.05) is 6.54 Å². The Hall–Kier alpha value is -2.37. The number of aryl methyl sites for hydroxylation is 1. The number of rotatable bonds is 5. The highest BCUT2D eigenvalue weighted by atomic mass is 16.2. The SMILES string of the molecule is CCc1ccccc1CNC(=O)Cn1cnc(N)n1. The Morgan fingerprint density at radius 2 is 2.11 bits per heavy atom. The molecule has 100 valence electrons. The fourth-order valence-corrected chi connectivity index (χ4v) is 1.86. The van der Waals surface area contributed by atoms with Crippen LogP contribution >= 0.6 is 0 Å². The van der Waals surface area contributed by atoms with Crippen LogP contribution < -0.4 is 11.1 Å². The molecule has 1 heterocycles. The molecule has 1 amide bonds. The number of carbonyl (C=O) groups is 1. The number of hydrogen-bond acceptors (Lipinski definition) is 4. The number of nitrogens with two attached hydrogens (primary N) is 1. The monoisotopic (exact) mass is 259 g/mol. The van der Waals surface area contributed by atoms with Crippen LogP contribution in [0.15, 0.2) is 30.6 Å². The highest BCUT2D eigenvalue weighted by Crippen LogP contribution is 2.08. The van der Waals surface area contributed by atoms with Crippen LogP contribution in [0, 0.1) is 0 Å². The average Bonchev–Trinajstić information content (AvgIpc) is 2.82. The van der Waals surface area contributed by atoms with Gasteiger partial charge < -0.3 is 11.1 Å². The highest BCUT2D eigenvalue weighted by Gasteiger charge is 2.06. The van der Waals surface area contributed by atoms with Gasteiger partial charge in [-0.2, -0.15) is 0 Å². The van der Waals surface area contributed by atoms with Crippen molar-refractivity contribution in [1.29, 1.82) is 0 Å². The number of anilines is 1. The number of nitrogens with one attached hydrogen (secondary N) is 1. The topological polar surface area (TPSA) is 85.8 Å². The molecule has 0 saturated carbocycles. The lowest BCUT2D eigenvalue weighted by Gasteiger charge is -2.09. The highest BCUT2D eigenvalue weighted by molar-refractivity contribution is 5.75. The van der Waals surface area contributed by atoms with E-state index in [1.54, 1.807) is 0 Å². The third-order valence-corrected chi connectivity index (χ3v) is 2.84. The lowest BCUT2D eigenvalue weighted by atomic mass is 10.1. The first-order valence-corrected chi connectivity index (χ1v) is 6.17. The third-order valence-electron chi connectivity index (χ3n) is 2.84. The van der Waals surface area contributed by atoms with Gasteiger partial charge in [-0.25, -0.2) is 9.67 Å². The normalized spacial score (nSPS) is 10.4. The quantitative estimate of drug-likeness (QED) is 0.829. The van der Waals surface area contributed by atoms with E-state index in [4.69, 9.17) is 5.73 Å². The number of amides is 1. The lowest BCUT2D eigenvalue weighted by Crippen LogP contribution is -2.27. The Labute approximate surface area is 111 Å². The number of nitrogen functional groups attached to an aromatic ring is 1. The number of aromatic nitrogens is 3. The van der Waals surface area contributed by atoms with Crippen molar-refractivity contribution in [3.05, 3.63) is 41.7 Å². The minimum Gasteiger partial charge on any atom is -0.367 e. The van der Waals surface area contributed by atoms with Crippen LogP contribution in [0.5, 0.6) is 0 Å². The van der Waals surface area contributed by atoms with E-state index in [1.807, 2.05) is 18.2 Å². The van der Waals surface area contributed by atoms with Gasteiger partial charge in [0.25, 0.3) is 0 Å². The second-order valence-corrected chi connectivity index (χ2v) is 4.20. The predicted molar refractivity (Wildman–Crippen MR) is 72.1 cm³/mol. The molecule has 6 heteroatoms. The summed E-state index contributed by atoms with van der Waals surface area (Å²) in [6.07, 6.45) is 2.39. The zero-order valence-electron chi connectivity index (χ0n) is 10.8. The Bertz CT molecular complexity index is 564. The van der Waals surface area contributed by atoms with Crippen LogP contribution in [0.4, 0.5) is 5.95 Å². The molecular weight excluding hydrogens is 242 g/mol. The summed E-state index contributed by atoms with van der Waals surface area (Å²) in [5.41, 5.74) is 7.76. The van der Waals surface area contributed by atoms with Crippen molar-refractivity contribution in [3.63, 3.8) is 0 Å². The molecule has 1 aromatic heterocycles. The van der Waals surface area contributed by atoms with Crippen molar-refractivity contribution >= 4 is 11.9 Å². The van der Waals surface area contributed by atoms with Gasteiger partial charge in [0.2, 0.25) is 11.9 Å². The van der Waals surface area contributed by atoms with E-state index in [2.05, 4.69) is 28.4 Å². The van der Waals surface area contributed by atoms with Gasteiger partial charge in [-0.3, -0.25) is 4.79 Å². The van der Waals surface area contributed by atoms with Crippen molar-refractivity contribution in [1.82, 2.24) is 20.1 Å². The van der Waals surface area contributed by atoms with Gasteiger partial charge in [0.05, 0.1) is 0 Å². The Morgan fingerprint density at radius 3 is 2.74 bits per heavy atom. The summed E-state index contributed by atoms with van der Waals surface area (Å²) in [4.78, 5) is 15.5. The van der Waals surface area contributed by atoms with E-state index in [0.29, 0.717) is 6.54 Å². The van der Waals surface area contributed by atoms with Gasteiger partial charge in [-0.05, 0) is 17.5 Å². The molecule has 2 rings (SSSR count). The summed E-state index contributed by atoms with van der Waals surface area (Å²) in [7, 11) is 0. The maximum Gasteiger partial charge on any atom is 0.242 e. The van der Waals surface area contributed by atoms with Crippen LogP contribution in [-0.2, 0) is 24.3 Å². The van der Waals surface area contributed by atoms with Crippen molar-refractivity contribution in [3.8, 4) is 0 Å². The summed E-state index contributed by atoms with van der Waals surface area (Å²) in [5, 5.41) is 6.72. The van der Waals surface area contributed by atoms with Crippen molar-refractivity contribution in [2.45, 2.75) is 26.4 Å². The fraction of sp³-hybridized carbons (Fsp3) is 0.308. The zero-order chi connectivity index (χ0) is 13.7. The van der Waals surface area contributed by atoms with E-state index >= 15 is 0 Å². The van der Waals surface area contributed by atoms with Gasteiger partial charge in [0.1, 0.15) is 12.9 Å². The molecule has 0 fully saturated rings. The van der Waals surface area contributed by atoms with Gasteiger partial charge in [0.15, 0.2) is 0 Å². The number of benzene rings is 1. The summed E-state index contributed by atoms with van der Waals surface area (Å²) >= 11 is 0. The number of hydrogen-bond donors (Lipinski definition) is 2. The van der Waals surface area contributed by atoms with E-state index in [1.165, 1.54) is 16.6 Å². The van der Waals surface area contributed by atoms with Crippen molar-refractivity contribution in [2.75, 3.05) is 5.73 Å². The van der Waals surface area contributed by atoms with E-state index in [9.17, 15) is 4.79 Å². The predicted octanol–water partition coefficient (Wildman–Crippen LogP) is 0.739. The molecule has 0 aliphatic rings. The Kier molecular flexibility index (Phi) is 4.12. The van der Waals surface area contributed by atoms with Crippen LogP contribution in [0.2, 0.25) is 0 Å². The molecule has 0 radical (unpaired) electrons. The molecule has 0 saturated heterocycles. The van der Waals surface area contributed by atoms with Crippen molar-refractivity contribution in [2.24, 2.45) is 0 Å². The van der Waals surface area contributed by atoms with Crippen LogP contribution in [0.3, 0.4) is 0 Å². The molecule has 19 heavy (non-hydrogen) atoms. The van der Waals surface area contributed by atoms with Crippen LogP contribution in [-0.4, -0.2) is 20.7 Å². The molecule has 0 unspecified atom stereocenters. The first-order valence-electron chi connectivity index (χ1n) is 6.17. The molecule has 2 aromatic rings. The van der Waals surface area contributed by atoms with E-state index in [-0.39, 0.29) is 18.4 Å². The lowest BCUT2D eigenvalue weighted by molar-refractivity contribution is -0.122. The van der Waals surface area contributed by atoms with Crippen LogP contribution in [0.1, 0.15) is 18.1 Å². The van der Waals surface area contributed by atoms with Gasteiger partial charge in [-0.15, -0.1) is 5.10 Å². The van der Waals surface area contributed by atoms with Gasteiger partial charge in [-0.1, -0.05) is 31.2 Å². The maximum atomic E-state index is 11.8. The smallest absolute Gasteiger partial charge is 0.242 e. The number of nitrogens with zero attached hydrogens (tertiary/aromatic N) is 3. The minimum absolute atomic E-state index is 0.115. The first kappa shape index (κ1) is 13.1. The molecule has 0 spiro atoms. The second kappa shape index (κ2) is 5.99. The molecule has 3 N–H and O–H groups in total. The standard InChI is InChI=1S/C13H17N5O/c1-2-10-5-3-4-6-11(10)7-15-12(19)8-18-9-16-13(14)17-18/h3-6,9H,2,7-8H2,1H3,(H2,14,17)(H,15,19). The molecule has 0 aliphatic heterocycles. The zero-order valence-corrected chi connectivity index (χ0v) is 10.8. The fourth-order valence-electron chi connectivity index (χ4n) is 1.86. The minimum atomic E-state index is -0.115. The van der Waals surface area contributed by atoms with E-state index in [0.717, 1.165) is 12.0 Å². The summed E-state index contributed by atoms with van der Waals surface area (Å²) in [6.45, 7) is 2.74. The van der Waals surface area contributed by atoms with E-state index < -0.39 is 0 Å². The number of carbonyl (C=O) groups excluding carboxylic acids is 1. The summed E-state index contributed by atoms with van der Waals surface area (Å²) in [6, 6.07) is 8.06. The Morgan fingerprint density at radius 1 is 1.37 bits per heavy atom. The maximum absolute atomic E-state index is 11.8. The largest absolute Gasteiger partial charge is 0.367 e. The van der Waals surface area contributed by atoms with Crippen LogP contribution in [0.25, 0.3) is 0 Å². The molecular formula is C13H17N5O. The third kappa shape index (κ3) is 3.54. The van der Waals surface area contributed by atoms with Crippen molar-refractivity contribution < 1.29 is 4.79 Å². The van der Waals surface area contributed by atoms with Gasteiger partial charge >= 0.3 is 0 Å². The molecule has 0 aliphatic carbocycles. The second-order valence-electron chi connectivity index (χ2n) is 4.20. The molecule has 1 aromatic carbocycles. The molecule has 0 atom stereocenters. The summed E-state index contributed by atoms with van der Waals surface area (Å²) in [5.74, 6) is 0.0555. The molecule has 6 nitrogen and oxygen atoms in total. The Balaban J connectivity index is 1.89. The average molecular weight is 259 g/mol. The first-order chi connectivity index (χ1) is 9.19. The molecule has 0 bridgehead atoms. The summed E-state index contributed by atoms with van der Waals surface area (Å²) < 4.78 is 1.41.